The van der Waals surface area contributed by atoms with E-state index < -0.39 is 0 Å². The van der Waals surface area contributed by atoms with E-state index in [9.17, 15) is 4.79 Å². The molecule has 148 valence electrons. The molecule has 2 fully saturated rings. The number of pyridine rings is 1. The largest absolute Gasteiger partial charge is 0.497 e. The number of fused-ring (bicyclic) bond motifs is 3. The highest BCUT2D eigenvalue weighted by atomic mass is 16.5. The Kier molecular flexibility index (Phi) is 4.68. The molecule has 2 unspecified atom stereocenters. The molecule has 1 N–H and O–H groups in total. The van der Waals surface area contributed by atoms with Crippen LogP contribution in [0.1, 0.15) is 29.6 Å². The van der Waals surface area contributed by atoms with Gasteiger partial charge in [0.05, 0.1) is 23.9 Å². The van der Waals surface area contributed by atoms with Gasteiger partial charge in [-0.25, -0.2) is 4.98 Å². The van der Waals surface area contributed by atoms with Crippen LogP contribution in [0, 0.1) is 0 Å². The third-order valence-corrected chi connectivity index (χ3v) is 6.14. The van der Waals surface area contributed by atoms with Crippen LogP contribution in [-0.4, -0.2) is 48.1 Å². The van der Waals surface area contributed by atoms with Crippen molar-refractivity contribution in [3.63, 3.8) is 0 Å². The normalized spacial score (nSPS) is 21.2. The number of hydrogen-bond donors (Lipinski definition) is 1. The van der Waals surface area contributed by atoms with Gasteiger partial charge in [-0.3, -0.25) is 4.79 Å². The number of carbonyl (C=O) groups excluding carboxylic acids is 1. The summed E-state index contributed by atoms with van der Waals surface area (Å²) in [6.45, 7) is 1.59. The SMILES string of the molecule is COc1ccc(-c2cc(C(=O)N3CCC4CCC(C3)N4)c3ccccc3n2)cc1. The number of carbonyl (C=O) groups is 1. The molecule has 2 saturated heterocycles. The van der Waals surface area contributed by atoms with Gasteiger partial charge >= 0.3 is 0 Å². The number of para-hydroxylation sites is 1. The maximum atomic E-state index is 13.6. The Morgan fingerprint density at radius 2 is 1.86 bits per heavy atom. The van der Waals surface area contributed by atoms with Gasteiger partial charge in [-0.1, -0.05) is 18.2 Å². The van der Waals surface area contributed by atoms with Gasteiger partial charge in [0.15, 0.2) is 0 Å². The lowest BCUT2D eigenvalue weighted by Gasteiger charge is -2.25. The second-order valence-corrected chi connectivity index (χ2v) is 7.98. The average Bonchev–Trinajstić information content (AvgIpc) is 3.11. The van der Waals surface area contributed by atoms with Crippen LogP contribution in [0.15, 0.2) is 54.6 Å². The van der Waals surface area contributed by atoms with Crippen molar-refractivity contribution in [2.75, 3.05) is 20.2 Å². The van der Waals surface area contributed by atoms with E-state index in [1.165, 1.54) is 6.42 Å². The summed E-state index contributed by atoms with van der Waals surface area (Å²) in [5, 5.41) is 4.57. The molecular formula is C24H25N3O2. The Bertz CT molecular complexity index is 1050. The van der Waals surface area contributed by atoms with E-state index in [0.29, 0.717) is 12.1 Å². The van der Waals surface area contributed by atoms with Crippen LogP contribution in [0.4, 0.5) is 0 Å². The summed E-state index contributed by atoms with van der Waals surface area (Å²) in [4.78, 5) is 20.4. The lowest BCUT2D eigenvalue weighted by atomic mass is 10.0. The number of nitrogens with zero attached hydrogens (tertiary/aromatic N) is 2. The first kappa shape index (κ1) is 18.1. The maximum absolute atomic E-state index is 13.6. The fourth-order valence-electron chi connectivity index (χ4n) is 4.56. The number of methoxy groups -OCH3 is 1. The van der Waals surface area contributed by atoms with E-state index in [1.807, 2.05) is 59.5 Å². The van der Waals surface area contributed by atoms with Crippen LogP contribution in [0.5, 0.6) is 5.75 Å². The first-order valence-corrected chi connectivity index (χ1v) is 10.3. The molecular weight excluding hydrogens is 362 g/mol. The zero-order valence-corrected chi connectivity index (χ0v) is 16.6. The lowest BCUT2D eigenvalue weighted by molar-refractivity contribution is 0.0750. The standard InChI is InChI=1S/C24H25N3O2/c1-29-19-10-6-16(7-11-19)23-14-21(20-4-2-3-5-22(20)26-23)24(28)27-13-12-17-8-9-18(15-27)25-17/h2-7,10-11,14,17-18,25H,8-9,12-13,15H2,1H3. The number of rotatable bonds is 3. The van der Waals surface area contributed by atoms with Gasteiger partial charge in [0.25, 0.3) is 5.91 Å². The average molecular weight is 387 g/mol. The molecule has 0 radical (unpaired) electrons. The van der Waals surface area contributed by atoms with E-state index in [4.69, 9.17) is 9.72 Å². The fraction of sp³-hybridized carbons (Fsp3) is 0.333. The number of nitrogens with one attached hydrogen (secondary N) is 1. The number of benzene rings is 2. The van der Waals surface area contributed by atoms with Gasteiger partial charge in [-0.15, -0.1) is 0 Å². The zero-order chi connectivity index (χ0) is 19.8. The highest BCUT2D eigenvalue weighted by molar-refractivity contribution is 6.07. The van der Waals surface area contributed by atoms with Gasteiger partial charge < -0.3 is 15.0 Å². The van der Waals surface area contributed by atoms with Gasteiger partial charge in [-0.2, -0.15) is 0 Å². The highest BCUT2D eigenvalue weighted by Gasteiger charge is 2.32. The number of aromatic nitrogens is 1. The molecule has 2 atom stereocenters. The monoisotopic (exact) mass is 387 g/mol. The predicted octanol–water partition coefficient (Wildman–Crippen LogP) is 3.88. The minimum Gasteiger partial charge on any atom is -0.497 e. The summed E-state index contributed by atoms with van der Waals surface area (Å²) in [5.41, 5.74) is 3.36. The summed E-state index contributed by atoms with van der Waals surface area (Å²) >= 11 is 0. The number of amides is 1. The van der Waals surface area contributed by atoms with Crippen molar-refractivity contribution in [2.24, 2.45) is 0 Å². The number of ether oxygens (including phenoxy) is 1. The van der Waals surface area contributed by atoms with Crippen LogP contribution in [0.2, 0.25) is 0 Å². The minimum absolute atomic E-state index is 0.104. The minimum atomic E-state index is 0.104. The molecule has 5 rings (SSSR count). The van der Waals surface area contributed by atoms with E-state index in [1.54, 1.807) is 7.11 Å². The zero-order valence-electron chi connectivity index (χ0n) is 16.6. The van der Waals surface area contributed by atoms with E-state index >= 15 is 0 Å². The molecule has 1 amide bonds. The molecule has 3 heterocycles. The first-order valence-electron chi connectivity index (χ1n) is 10.3. The van der Waals surface area contributed by atoms with E-state index in [0.717, 1.165) is 59.4 Å². The smallest absolute Gasteiger partial charge is 0.254 e. The van der Waals surface area contributed by atoms with Gasteiger partial charge in [0, 0.05) is 36.1 Å². The molecule has 5 nitrogen and oxygen atoms in total. The molecule has 0 spiro atoms. The molecule has 0 saturated carbocycles. The van der Waals surface area contributed by atoms with Crippen LogP contribution in [-0.2, 0) is 0 Å². The fourth-order valence-corrected chi connectivity index (χ4v) is 4.56. The van der Waals surface area contributed by atoms with Crippen LogP contribution >= 0.6 is 0 Å². The molecule has 29 heavy (non-hydrogen) atoms. The van der Waals surface area contributed by atoms with Gasteiger partial charge in [0.1, 0.15) is 5.75 Å². The summed E-state index contributed by atoms with van der Waals surface area (Å²) in [6, 6.07) is 18.6. The van der Waals surface area contributed by atoms with Crippen molar-refractivity contribution in [2.45, 2.75) is 31.3 Å². The third kappa shape index (κ3) is 3.47. The molecule has 2 aromatic carbocycles. The molecule has 2 bridgehead atoms. The molecule has 3 aromatic rings. The van der Waals surface area contributed by atoms with Crippen molar-refractivity contribution in [3.05, 3.63) is 60.2 Å². The second kappa shape index (κ2) is 7.48. The number of likely N-dealkylation sites (tertiary alicyclic amines) is 1. The van der Waals surface area contributed by atoms with E-state index in [2.05, 4.69) is 5.32 Å². The van der Waals surface area contributed by atoms with Crippen molar-refractivity contribution in [1.29, 1.82) is 0 Å². The lowest BCUT2D eigenvalue weighted by Crippen LogP contribution is -2.39. The quantitative estimate of drug-likeness (QED) is 0.741. The van der Waals surface area contributed by atoms with Crippen molar-refractivity contribution < 1.29 is 9.53 Å². The Hall–Kier alpha value is -2.92. The molecule has 0 aliphatic carbocycles. The highest BCUT2D eigenvalue weighted by Crippen LogP contribution is 2.28. The predicted molar refractivity (Wildman–Crippen MR) is 114 cm³/mol. The Morgan fingerprint density at radius 1 is 1.07 bits per heavy atom. The first-order chi connectivity index (χ1) is 14.2. The van der Waals surface area contributed by atoms with Crippen LogP contribution < -0.4 is 10.1 Å². The number of hydrogen-bond acceptors (Lipinski definition) is 4. The topological polar surface area (TPSA) is 54.5 Å². The summed E-state index contributed by atoms with van der Waals surface area (Å²) in [7, 11) is 1.66. The van der Waals surface area contributed by atoms with Crippen LogP contribution in [0.25, 0.3) is 22.2 Å². The van der Waals surface area contributed by atoms with Crippen molar-refractivity contribution >= 4 is 16.8 Å². The van der Waals surface area contributed by atoms with Gasteiger partial charge in [0.2, 0.25) is 0 Å². The molecule has 2 aliphatic rings. The van der Waals surface area contributed by atoms with Crippen molar-refractivity contribution in [3.8, 4) is 17.0 Å². The maximum Gasteiger partial charge on any atom is 0.254 e. The van der Waals surface area contributed by atoms with Gasteiger partial charge in [-0.05, 0) is 55.7 Å². The van der Waals surface area contributed by atoms with Crippen LogP contribution in [0.3, 0.4) is 0 Å². The third-order valence-electron chi connectivity index (χ3n) is 6.14. The summed E-state index contributed by atoms with van der Waals surface area (Å²) in [5.74, 6) is 0.908. The second-order valence-electron chi connectivity index (χ2n) is 7.98. The molecule has 5 heteroatoms. The van der Waals surface area contributed by atoms with Crippen molar-refractivity contribution in [1.82, 2.24) is 15.2 Å². The molecule has 1 aromatic heterocycles. The Balaban J connectivity index is 1.55. The summed E-state index contributed by atoms with van der Waals surface area (Å²) < 4.78 is 5.27. The Morgan fingerprint density at radius 3 is 2.69 bits per heavy atom. The Labute approximate surface area is 170 Å². The van der Waals surface area contributed by atoms with E-state index in [-0.39, 0.29) is 5.91 Å². The molecule has 2 aliphatic heterocycles. The summed E-state index contributed by atoms with van der Waals surface area (Å²) in [6.07, 6.45) is 3.41.